The molecule has 5 rings (SSSR count). The number of aliphatic hydroxyl groups is 1. The molecule has 1 saturated carbocycles. The van der Waals surface area contributed by atoms with E-state index >= 15 is 0 Å². The maximum atomic E-state index is 13.4. The Labute approximate surface area is 188 Å². The van der Waals surface area contributed by atoms with Gasteiger partial charge in [0.05, 0.1) is 12.1 Å². The lowest BCUT2D eigenvalue weighted by molar-refractivity contribution is -0.128. The van der Waals surface area contributed by atoms with E-state index in [0.717, 1.165) is 37.1 Å². The van der Waals surface area contributed by atoms with E-state index in [1.54, 1.807) is 12.4 Å². The highest BCUT2D eigenvalue weighted by molar-refractivity contribution is 5.83. The summed E-state index contributed by atoms with van der Waals surface area (Å²) in [6, 6.07) is 7.53. The van der Waals surface area contributed by atoms with Gasteiger partial charge >= 0.3 is 0 Å². The quantitative estimate of drug-likeness (QED) is 0.726. The number of hydrogen-bond acceptors (Lipinski definition) is 5. The van der Waals surface area contributed by atoms with Gasteiger partial charge in [-0.25, -0.2) is 0 Å². The van der Waals surface area contributed by atoms with Gasteiger partial charge in [-0.1, -0.05) is 25.8 Å². The lowest BCUT2D eigenvalue weighted by Crippen LogP contribution is -2.50. The minimum atomic E-state index is -0.350. The van der Waals surface area contributed by atoms with E-state index in [1.165, 1.54) is 12.8 Å². The molecule has 0 aromatic carbocycles. The molecule has 4 atom stereocenters. The van der Waals surface area contributed by atoms with Gasteiger partial charge in [0.2, 0.25) is 5.91 Å². The minimum Gasteiger partial charge on any atom is -0.396 e. The average Bonchev–Trinajstić information content (AvgIpc) is 3.51. The second-order valence-electron chi connectivity index (χ2n) is 9.46. The van der Waals surface area contributed by atoms with Gasteiger partial charge in [0, 0.05) is 60.2 Å². The van der Waals surface area contributed by atoms with Crippen LogP contribution in [0, 0.1) is 11.8 Å². The summed E-state index contributed by atoms with van der Waals surface area (Å²) in [7, 11) is 0. The van der Waals surface area contributed by atoms with Crippen LogP contribution in [0.15, 0.2) is 41.5 Å². The molecule has 7 heteroatoms. The van der Waals surface area contributed by atoms with Crippen LogP contribution in [0.1, 0.15) is 50.8 Å². The highest BCUT2D eigenvalue weighted by Gasteiger charge is 2.55. The second kappa shape index (κ2) is 8.79. The molecule has 3 aliphatic rings. The maximum Gasteiger partial charge on any atom is 0.258 e. The summed E-state index contributed by atoms with van der Waals surface area (Å²) in [5.74, 6) is -0.100. The van der Waals surface area contributed by atoms with E-state index < -0.39 is 0 Å². The van der Waals surface area contributed by atoms with Gasteiger partial charge in [-0.05, 0) is 44.0 Å². The Bertz CT molecular complexity index is 1030. The number of aliphatic hydroxyl groups excluding tert-OH is 1. The Morgan fingerprint density at radius 2 is 2.06 bits per heavy atom. The number of fused-ring (bicyclic) bond motifs is 3. The highest BCUT2D eigenvalue weighted by atomic mass is 16.3. The number of amides is 1. The number of pyridine rings is 2. The standard InChI is InChI=1S/C25H32N4O3/c1-2-12-28-22-19(20(15-30)23(28)24(31)27-17-7-3-4-8-17)14-29-21(22)10-9-18(25(29)32)16-6-5-11-26-13-16/h5-6,9-11,13,17,19-20,22-23,30H,2-4,7-8,12,14-15H2,1H3,(H,27,31)/t19-,20-,22+,23-/m0/s1. The normalized spacial score (nSPS) is 27.4. The van der Waals surface area contributed by atoms with Gasteiger partial charge in [-0.15, -0.1) is 0 Å². The number of hydrogen-bond donors (Lipinski definition) is 2. The molecule has 4 heterocycles. The monoisotopic (exact) mass is 436 g/mol. The topological polar surface area (TPSA) is 87.5 Å². The minimum absolute atomic E-state index is 0.0232. The van der Waals surface area contributed by atoms with Crippen LogP contribution in [0.5, 0.6) is 0 Å². The van der Waals surface area contributed by atoms with Crippen LogP contribution < -0.4 is 10.9 Å². The Kier molecular flexibility index (Phi) is 5.86. The van der Waals surface area contributed by atoms with E-state index in [1.807, 2.05) is 28.8 Å². The van der Waals surface area contributed by atoms with Crippen molar-refractivity contribution in [2.24, 2.45) is 11.8 Å². The number of carbonyl (C=O) groups excluding carboxylic acids is 1. The molecule has 2 aromatic heterocycles. The van der Waals surface area contributed by atoms with Gasteiger partial charge in [-0.3, -0.25) is 19.5 Å². The summed E-state index contributed by atoms with van der Waals surface area (Å²) in [5.41, 5.74) is 2.38. The van der Waals surface area contributed by atoms with Gasteiger partial charge < -0.3 is 15.0 Å². The van der Waals surface area contributed by atoms with E-state index in [9.17, 15) is 14.7 Å². The van der Waals surface area contributed by atoms with Crippen LogP contribution in [0.4, 0.5) is 0 Å². The first-order chi connectivity index (χ1) is 15.6. The number of nitrogens with one attached hydrogen (secondary N) is 1. The fourth-order valence-corrected chi connectivity index (χ4v) is 6.22. The molecule has 0 unspecified atom stereocenters. The van der Waals surface area contributed by atoms with Crippen molar-refractivity contribution in [1.29, 1.82) is 0 Å². The Morgan fingerprint density at radius 1 is 1.25 bits per heavy atom. The van der Waals surface area contributed by atoms with Crippen molar-refractivity contribution in [2.45, 2.75) is 63.7 Å². The van der Waals surface area contributed by atoms with Crippen LogP contribution in [-0.4, -0.2) is 50.7 Å². The number of aromatic nitrogens is 2. The third kappa shape index (κ3) is 3.48. The lowest BCUT2D eigenvalue weighted by atomic mass is 9.88. The van der Waals surface area contributed by atoms with Crippen molar-refractivity contribution in [3.8, 4) is 11.1 Å². The third-order valence-electron chi connectivity index (χ3n) is 7.62. The smallest absolute Gasteiger partial charge is 0.258 e. The summed E-state index contributed by atoms with van der Waals surface area (Å²) < 4.78 is 1.86. The summed E-state index contributed by atoms with van der Waals surface area (Å²) in [4.78, 5) is 33.1. The van der Waals surface area contributed by atoms with Crippen molar-refractivity contribution in [2.75, 3.05) is 13.2 Å². The van der Waals surface area contributed by atoms with Gasteiger partial charge in [-0.2, -0.15) is 0 Å². The summed E-state index contributed by atoms with van der Waals surface area (Å²) in [6.45, 7) is 3.35. The maximum absolute atomic E-state index is 13.4. The van der Waals surface area contributed by atoms with Crippen molar-refractivity contribution >= 4 is 5.91 Å². The van der Waals surface area contributed by atoms with E-state index in [4.69, 9.17) is 0 Å². The van der Waals surface area contributed by atoms with Crippen LogP contribution >= 0.6 is 0 Å². The molecule has 32 heavy (non-hydrogen) atoms. The predicted octanol–water partition coefficient (Wildman–Crippen LogP) is 2.34. The van der Waals surface area contributed by atoms with E-state index in [0.29, 0.717) is 12.1 Å². The average molecular weight is 437 g/mol. The zero-order valence-electron chi connectivity index (χ0n) is 18.6. The molecule has 0 radical (unpaired) electrons. The Hall–Kier alpha value is -2.51. The molecule has 0 spiro atoms. The second-order valence-corrected chi connectivity index (χ2v) is 9.46. The van der Waals surface area contributed by atoms with Gasteiger partial charge in [0.1, 0.15) is 0 Å². The van der Waals surface area contributed by atoms with Crippen LogP contribution in [0.25, 0.3) is 11.1 Å². The van der Waals surface area contributed by atoms with E-state index in [-0.39, 0.29) is 48.0 Å². The first-order valence-electron chi connectivity index (χ1n) is 11.9. The molecule has 2 N–H and O–H groups in total. The van der Waals surface area contributed by atoms with Gasteiger partial charge in [0.25, 0.3) is 5.56 Å². The molecular weight excluding hydrogens is 404 g/mol. The molecule has 0 bridgehead atoms. The molecule has 1 aliphatic carbocycles. The zero-order chi connectivity index (χ0) is 22.2. The molecular formula is C25H32N4O3. The molecule has 2 fully saturated rings. The van der Waals surface area contributed by atoms with Crippen molar-refractivity contribution in [1.82, 2.24) is 19.8 Å². The Morgan fingerprint density at radius 3 is 2.75 bits per heavy atom. The molecule has 170 valence electrons. The first kappa shape index (κ1) is 21.3. The predicted molar refractivity (Wildman–Crippen MR) is 122 cm³/mol. The van der Waals surface area contributed by atoms with Crippen LogP contribution in [-0.2, 0) is 11.3 Å². The molecule has 2 aromatic rings. The van der Waals surface area contributed by atoms with Crippen LogP contribution in [0.2, 0.25) is 0 Å². The summed E-state index contributed by atoms with van der Waals surface area (Å²) >= 11 is 0. The largest absolute Gasteiger partial charge is 0.396 e. The first-order valence-corrected chi connectivity index (χ1v) is 11.9. The third-order valence-corrected chi connectivity index (χ3v) is 7.62. The number of carbonyl (C=O) groups is 1. The van der Waals surface area contributed by atoms with Crippen molar-refractivity contribution in [3.05, 3.63) is 52.7 Å². The van der Waals surface area contributed by atoms with Crippen molar-refractivity contribution < 1.29 is 9.90 Å². The zero-order valence-corrected chi connectivity index (χ0v) is 18.6. The van der Waals surface area contributed by atoms with Crippen molar-refractivity contribution in [3.63, 3.8) is 0 Å². The SMILES string of the molecule is CCCN1[C@H](C(=O)NC2CCCC2)[C@@H](CO)[C@@H]2Cn3c(ccc(-c4cccnc4)c3=O)[C@@H]21. The number of nitrogens with zero attached hydrogens (tertiary/aromatic N) is 3. The summed E-state index contributed by atoms with van der Waals surface area (Å²) in [6.07, 6.45) is 8.73. The molecule has 1 saturated heterocycles. The van der Waals surface area contributed by atoms with E-state index in [2.05, 4.69) is 22.1 Å². The fraction of sp³-hybridized carbons (Fsp3) is 0.560. The highest BCUT2D eigenvalue weighted by Crippen LogP contribution is 2.49. The molecule has 7 nitrogen and oxygen atoms in total. The molecule has 2 aliphatic heterocycles. The summed E-state index contributed by atoms with van der Waals surface area (Å²) in [5, 5.41) is 13.6. The number of rotatable bonds is 6. The van der Waals surface area contributed by atoms with Crippen LogP contribution in [0.3, 0.4) is 0 Å². The Balaban J connectivity index is 1.50. The fourth-order valence-electron chi connectivity index (χ4n) is 6.22. The molecule has 1 amide bonds. The van der Waals surface area contributed by atoms with Gasteiger partial charge in [0.15, 0.2) is 0 Å². The lowest BCUT2D eigenvalue weighted by Gasteiger charge is -2.31. The number of likely N-dealkylation sites (tertiary alicyclic amines) is 1.